The van der Waals surface area contributed by atoms with E-state index in [1.54, 1.807) is 43.3 Å². The summed E-state index contributed by atoms with van der Waals surface area (Å²) in [5.41, 5.74) is 1.01. The molecule has 0 heterocycles. The number of amides is 1. The molecule has 15 heavy (non-hydrogen) atoms. The molecule has 1 aromatic rings. The van der Waals surface area contributed by atoms with Crippen molar-refractivity contribution in [3.63, 3.8) is 0 Å². The minimum absolute atomic E-state index is 0.312. The summed E-state index contributed by atoms with van der Waals surface area (Å²) >= 11 is 0. The van der Waals surface area contributed by atoms with Gasteiger partial charge in [0, 0.05) is 19.7 Å². The molecular formula is C11H11N3O. The Morgan fingerprint density at radius 1 is 1.40 bits per heavy atom. The van der Waals surface area contributed by atoms with Crippen LogP contribution in [0.25, 0.3) is 0 Å². The van der Waals surface area contributed by atoms with Crippen LogP contribution in [0, 0.1) is 11.3 Å². The maximum Gasteiger partial charge on any atom is 0.278 e. The Hall–Kier alpha value is -2.15. The summed E-state index contributed by atoms with van der Waals surface area (Å²) in [4.78, 5) is 16.9. The monoisotopic (exact) mass is 201 g/mol. The van der Waals surface area contributed by atoms with Crippen molar-refractivity contribution < 1.29 is 4.79 Å². The van der Waals surface area contributed by atoms with E-state index in [9.17, 15) is 4.79 Å². The van der Waals surface area contributed by atoms with E-state index in [1.165, 1.54) is 6.34 Å². The number of hydrogen-bond donors (Lipinski definition) is 0. The van der Waals surface area contributed by atoms with Gasteiger partial charge >= 0.3 is 0 Å². The van der Waals surface area contributed by atoms with Crippen LogP contribution in [0.1, 0.15) is 15.9 Å². The molecule has 0 bridgehead atoms. The lowest BCUT2D eigenvalue weighted by molar-refractivity contribution is 0.100. The lowest BCUT2D eigenvalue weighted by Crippen LogP contribution is -2.09. The molecule has 1 aromatic carbocycles. The van der Waals surface area contributed by atoms with Gasteiger partial charge in [-0.25, -0.2) is 0 Å². The number of nitriles is 1. The summed E-state index contributed by atoms with van der Waals surface area (Å²) in [6.45, 7) is 0. The van der Waals surface area contributed by atoms with Crippen LogP contribution in [0.15, 0.2) is 29.3 Å². The van der Waals surface area contributed by atoms with E-state index in [2.05, 4.69) is 4.99 Å². The fourth-order valence-electron chi connectivity index (χ4n) is 0.930. The quantitative estimate of drug-likeness (QED) is 0.535. The second kappa shape index (κ2) is 4.91. The van der Waals surface area contributed by atoms with Gasteiger partial charge < -0.3 is 4.90 Å². The Labute approximate surface area is 88.5 Å². The van der Waals surface area contributed by atoms with Gasteiger partial charge in [-0.15, -0.1) is 0 Å². The highest BCUT2D eigenvalue weighted by Gasteiger charge is 2.02. The van der Waals surface area contributed by atoms with Crippen molar-refractivity contribution in [3.05, 3.63) is 35.4 Å². The third-order valence-electron chi connectivity index (χ3n) is 1.67. The normalized spacial score (nSPS) is 9.93. The summed E-state index contributed by atoms with van der Waals surface area (Å²) < 4.78 is 0. The molecule has 0 spiro atoms. The van der Waals surface area contributed by atoms with Crippen molar-refractivity contribution in [2.75, 3.05) is 14.1 Å². The van der Waals surface area contributed by atoms with Crippen LogP contribution in [0.5, 0.6) is 0 Å². The Morgan fingerprint density at radius 3 is 2.47 bits per heavy atom. The van der Waals surface area contributed by atoms with Crippen LogP contribution in [0.2, 0.25) is 0 Å². The molecule has 4 heteroatoms. The first-order valence-corrected chi connectivity index (χ1v) is 4.38. The van der Waals surface area contributed by atoms with Crippen molar-refractivity contribution >= 4 is 12.2 Å². The maximum absolute atomic E-state index is 11.4. The molecule has 0 unspecified atom stereocenters. The average molecular weight is 201 g/mol. The molecule has 1 rings (SSSR count). The molecule has 0 aliphatic carbocycles. The SMILES string of the molecule is CN(C)C=NC(=O)c1ccc(C#N)cc1. The molecule has 0 radical (unpaired) electrons. The zero-order valence-corrected chi connectivity index (χ0v) is 8.64. The zero-order chi connectivity index (χ0) is 11.3. The molecule has 76 valence electrons. The van der Waals surface area contributed by atoms with E-state index in [-0.39, 0.29) is 5.91 Å². The summed E-state index contributed by atoms with van der Waals surface area (Å²) in [5.74, 6) is -0.312. The third kappa shape index (κ3) is 3.24. The lowest BCUT2D eigenvalue weighted by atomic mass is 10.1. The summed E-state index contributed by atoms with van der Waals surface area (Å²) in [7, 11) is 3.57. The first-order valence-electron chi connectivity index (χ1n) is 4.38. The first-order chi connectivity index (χ1) is 7.13. The number of aliphatic imine (C=N–C) groups is 1. The van der Waals surface area contributed by atoms with E-state index in [0.717, 1.165) is 0 Å². The van der Waals surface area contributed by atoms with Crippen molar-refractivity contribution in [3.8, 4) is 6.07 Å². The Kier molecular flexibility index (Phi) is 3.58. The summed E-state index contributed by atoms with van der Waals surface area (Å²) in [6.07, 6.45) is 1.44. The zero-order valence-electron chi connectivity index (χ0n) is 8.64. The second-order valence-electron chi connectivity index (χ2n) is 3.20. The fraction of sp³-hybridized carbons (Fsp3) is 0.182. The number of rotatable bonds is 2. The van der Waals surface area contributed by atoms with Gasteiger partial charge in [-0.3, -0.25) is 4.79 Å². The van der Waals surface area contributed by atoms with Gasteiger partial charge in [-0.05, 0) is 24.3 Å². The predicted molar refractivity (Wildman–Crippen MR) is 57.7 cm³/mol. The van der Waals surface area contributed by atoms with Crippen LogP contribution < -0.4 is 0 Å². The molecule has 0 N–H and O–H groups in total. The van der Waals surface area contributed by atoms with Gasteiger partial charge in [0.1, 0.15) is 0 Å². The summed E-state index contributed by atoms with van der Waals surface area (Å²) in [6, 6.07) is 8.36. The Balaban J connectivity index is 2.80. The third-order valence-corrected chi connectivity index (χ3v) is 1.67. The number of nitrogens with zero attached hydrogens (tertiary/aromatic N) is 3. The van der Waals surface area contributed by atoms with Crippen LogP contribution in [-0.4, -0.2) is 31.2 Å². The molecule has 0 fully saturated rings. The number of carbonyl (C=O) groups excluding carboxylic acids is 1. The van der Waals surface area contributed by atoms with Crippen molar-refractivity contribution in [1.82, 2.24) is 4.90 Å². The van der Waals surface area contributed by atoms with Crippen LogP contribution in [-0.2, 0) is 0 Å². The Morgan fingerprint density at radius 2 is 2.00 bits per heavy atom. The molecule has 0 atom stereocenters. The van der Waals surface area contributed by atoms with Gasteiger partial charge in [0.15, 0.2) is 0 Å². The van der Waals surface area contributed by atoms with E-state index in [0.29, 0.717) is 11.1 Å². The highest BCUT2D eigenvalue weighted by Crippen LogP contribution is 2.04. The molecule has 0 saturated heterocycles. The number of benzene rings is 1. The molecule has 0 aliphatic heterocycles. The van der Waals surface area contributed by atoms with Crippen molar-refractivity contribution in [2.45, 2.75) is 0 Å². The van der Waals surface area contributed by atoms with Crippen molar-refractivity contribution in [2.24, 2.45) is 4.99 Å². The van der Waals surface area contributed by atoms with Gasteiger partial charge in [-0.2, -0.15) is 10.3 Å². The van der Waals surface area contributed by atoms with Crippen LogP contribution >= 0.6 is 0 Å². The van der Waals surface area contributed by atoms with Crippen molar-refractivity contribution in [1.29, 1.82) is 5.26 Å². The molecular weight excluding hydrogens is 190 g/mol. The van der Waals surface area contributed by atoms with Gasteiger partial charge in [0.25, 0.3) is 5.91 Å². The smallest absolute Gasteiger partial charge is 0.278 e. The average Bonchev–Trinajstić information content (AvgIpc) is 2.26. The molecule has 4 nitrogen and oxygen atoms in total. The number of hydrogen-bond acceptors (Lipinski definition) is 2. The molecule has 1 amide bonds. The minimum atomic E-state index is -0.312. The highest BCUT2D eigenvalue weighted by molar-refractivity contribution is 5.98. The van der Waals surface area contributed by atoms with Crippen LogP contribution in [0.4, 0.5) is 0 Å². The van der Waals surface area contributed by atoms with Gasteiger partial charge in [0.05, 0.1) is 18.0 Å². The summed E-state index contributed by atoms with van der Waals surface area (Å²) in [5, 5.41) is 8.57. The minimum Gasteiger partial charge on any atom is -0.369 e. The van der Waals surface area contributed by atoms with E-state index in [4.69, 9.17) is 5.26 Å². The lowest BCUT2D eigenvalue weighted by Gasteiger charge is -2.01. The molecule has 0 saturated carbocycles. The van der Waals surface area contributed by atoms with E-state index < -0.39 is 0 Å². The van der Waals surface area contributed by atoms with Gasteiger partial charge in [0.2, 0.25) is 0 Å². The standard InChI is InChI=1S/C11H11N3O/c1-14(2)8-13-11(15)10-5-3-9(7-12)4-6-10/h3-6,8H,1-2H3. The van der Waals surface area contributed by atoms with E-state index >= 15 is 0 Å². The Bertz CT molecular complexity index is 412. The van der Waals surface area contributed by atoms with E-state index in [1.807, 2.05) is 6.07 Å². The second-order valence-corrected chi connectivity index (χ2v) is 3.20. The molecule has 0 aromatic heterocycles. The predicted octanol–water partition coefficient (Wildman–Crippen LogP) is 1.29. The van der Waals surface area contributed by atoms with Gasteiger partial charge in [-0.1, -0.05) is 0 Å². The fourth-order valence-corrected chi connectivity index (χ4v) is 0.930. The first kappa shape index (κ1) is 10.9. The number of carbonyl (C=O) groups is 1. The van der Waals surface area contributed by atoms with Crippen LogP contribution in [0.3, 0.4) is 0 Å². The maximum atomic E-state index is 11.4. The topological polar surface area (TPSA) is 56.5 Å². The highest BCUT2D eigenvalue weighted by atomic mass is 16.1. The largest absolute Gasteiger partial charge is 0.369 e. The molecule has 0 aliphatic rings.